The number of esters is 1. The summed E-state index contributed by atoms with van der Waals surface area (Å²) in [6.07, 6.45) is 2.01. The summed E-state index contributed by atoms with van der Waals surface area (Å²) in [6, 6.07) is 1.33. The highest BCUT2D eigenvalue weighted by atomic mass is 16.5. The maximum atomic E-state index is 11.8. The summed E-state index contributed by atoms with van der Waals surface area (Å²) in [7, 11) is 1.28. The Balaban J connectivity index is 2.46. The van der Waals surface area contributed by atoms with Crippen LogP contribution in [0, 0.1) is 17.2 Å². The normalized spacial score (nSPS) is 19.9. The first kappa shape index (κ1) is 14.5. The van der Waals surface area contributed by atoms with Gasteiger partial charge in [0.25, 0.3) is 0 Å². The smallest absolute Gasteiger partial charge is 0.328 e. The molecule has 0 unspecified atom stereocenters. The molecule has 0 spiro atoms. The quantitative estimate of drug-likeness (QED) is 0.546. The Morgan fingerprint density at radius 1 is 1.61 bits per heavy atom. The zero-order valence-electron chi connectivity index (χ0n) is 10.5. The minimum atomic E-state index is -0.670. The highest BCUT2D eigenvalue weighted by Gasteiger charge is 2.28. The average Bonchev–Trinajstić information content (AvgIpc) is 2.90. The molecule has 1 heterocycles. The summed E-state index contributed by atoms with van der Waals surface area (Å²) in [5.74, 6) is -0.840. The molecule has 18 heavy (non-hydrogen) atoms. The predicted octanol–water partition coefficient (Wildman–Crippen LogP) is 0.375. The minimum Gasteiger partial charge on any atom is -0.467 e. The molecule has 1 N–H and O–H groups in total. The number of methoxy groups -OCH3 is 1. The van der Waals surface area contributed by atoms with Crippen LogP contribution in [0.1, 0.15) is 25.7 Å². The number of hydrogen-bond acceptors (Lipinski definition) is 5. The van der Waals surface area contributed by atoms with Crippen LogP contribution >= 0.6 is 0 Å². The van der Waals surface area contributed by atoms with Crippen molar-refractivity contribution in [2.45, 2.75) is 31.7 Å². The van der Waals surface area contributed by atoms with Crippen LogP contribution in [0.4, 0.5) is 0 Å². The van der Waals surface area contributed by atoms with E-state index in [4.69, 9.17) is 10.00 Å². The molecular formula is C12H18N2O4. The third-order valence-electron chi connectivity index (χ3n) is 2.88. The van der Waals surface area contributed by atoms with E-state index in [0.717, 1.165) is 0 Å². The second-order valence-electron chi connectivity index (χ2n) is 4.20. The van der Waals surface area contributed by atoms with Crippen molar-refractivity contribution in [3.05, 3.63) is 0 Å². The summed E-state index contributed by atoms with van der Waals surface area (Å²) in [5, 5.41) is 11.1. The van der Waals surface area contributed by atoms with Crippen molar-refractivity contribution in [2.24, 2.45) is 5.92 Å². The first-order chi connectivity index (χ1) is 8.69. The highest BCUT2D eigenvalue weighted by molar-refractivity contribution is 5.85. The van der Waals surface area contributed by atoms with Crippen molar-refractivity contribution in [2.75, 3.05) is 20.3 Å². The van der Waals surface area contributed by atoms with Crippen molar-refractivity contribution in [3.63, 3.8) is 0 Å². The Morgan fingerprint density at radius 3 is 2.94 bits per heavy atom. The summed E-state index contributed by atoms with van der Waals surface area (Å²) in [5.41, 5.74) is 0. The van der Waals surface area contributed by atoms with E-state index in [1.807, 2.05) is 6.07 Å². The molecule has 0 bridgehead atoms. The van der Waals surface area contributed by atoms with Crippen molar-refractivity contribution < 1.29 is 19.1 Å². The highest BCUT2D eigenvalue weighted by Crippen LogP contribution is 2.13. The van der Waals surface area contributed by atoms with Crippen molar-refractivity contribution in [3.8, 4) is 6.07 Å². The summed E-state index contributed by atoms with van der Waals surface area (Å²) in [6.45, 7) is 0.979. The molecule has 0 aliphatic carbocycles. The monoisotopic (exact) mass is 254 g/mol. The van der Waals surface area contributed by atoms with Crippen LogP contribution in [-0.4, -0.2) is 38.2 Å². The van der Waals surface area contributed by atoms with Crippen LogP contribution < -0.4 is 5.32 Å². The fourth-order valence-corrected chi connectivity index (χ4v) is 1.81. The number of unbranched alkanes of at least 4 members (excludes halogenated alkanes) is 1. The number of rotatable bonds is 6. The second-order valence-corrected chi connectivity index (χ2v) is 4.20. The van der Waals surface area contributed by atoms with E-state index in [1.165, 1.54) is 7.11 Å². The minimum absolute atomic E-state index is 0.181. The van der Waals surface area contributed by atoms with Gasteiger partial charge in [-0.2, -0.15) is 5.26 Å². The van der Waals surface area contributed by atoms with Crippen LogP contribution in [-0.2, 0) is 19.1 Å². The van der Waals surface area contributed by atoms with Gasteiger partial charge in [0.05, 0.1) is 25.7 Å². The molecule has 1 saturated heterocycles. The van der Waals surface area contributed by atoms with Gasteiger partial charge >= 0.3 is 5.97 Å². The van der Waals surface area contributed by atoms with Crippen molar-refractivity contribution in [1.29, 1.82) is 5.26 Å². The molecule has 1 rings (SSSR count). The van der Waals surface area contributed by atoms with Crippen LogP contribution in [0.25, 0.3) is 0 Å². The number of carbonyl (C=O) groups excluding carboxylic acids is 2. The molecule has 6 nitrogen and oxygen atoms in total. The molecule has 0 saturated carbocycles. The van der Waals surface area contributed by atoms with Gasteiger partial charge in [0, 0.05) is 13.0 Å². The van der Waals surface area contributed by atoms with E-state index in [0.29, 0.717) is 38.9 Å². The summed E-state index contributed by atoms with van der Waals surface area (Å²) >= 11 is 0. The van der Waals surface area contributed by atoms with Gasteiger partial charge in [0.2, 0.25) is 5.91 Å². The van der Waals surface area contributed by atoms with Crippen LogP contribution in [0.3, 0.4) is 0 Å². The van der Waals surface area contributed by atoms with Crippen LogP contribution in [0.2, 0.25) is 0 Å². The Hall–Kier alpha value is -1.61. The van der Waals surface area contributed by atoms with E-state index in [9.17, 15) is 9.59 Å². The fourth-order valence-electron chi connectivity index (χ4n) is 1.81. The second kappa shape index (κ2) is 7.67. The average molecular weight is 254 g/mol. The number of nitrogens with one attached hydrogen (secondary N) is 1. The predicted molar refractivity (Wildman–Crippen MR) is 62.3 cm³/mol. The largest absolute Gasteiger partial charge is 0.467 e. The number of hydrogen-bond donors (Lipinski definition) is 1. The number of amides is 1. The van der Waals surface area contributed by atoms with Gasteiger partial charge in [0.15, 0.2) is 0 Å². The van der Waals surface area contributed by atoms with E-state index < -0.39 is 12.0 Å². The van der Waals surface area contributed by atoms with E-state index >= 15 is 0 Å². The molecule has 0 aromatic carbocycles. The van der Waals surface area contributed by atoms with Crippen molar-refractivity contribution >= 4 is 11.9 Å². The van der Waals surface area contributed by atoms with Crippen LogP contribution in [0.5, 0.6) is 0 Å². The summed E-state index contributed by atoms with van der Waals surface area (Å²) in [4.78, 5) is 23.4. The number of ether oxygens (including phenoxy) is 2. The topological polar surface area (TPSA) is 88.4 Å². The first-order valence-corrected chi connectivity index (χ1v) is 6.02. The molecule has 6 heteroatoms. The van der Waals surface area contributed by atoms with Gasteiger partial charge in [-0.25, -0.2) is 4.79 Å². The molecule has 0 aromatic rings. The summed E-state index contributed by atoms with van der Waals surface area (Å²) < 4.78 is 9.76. The Morgan fingerprint density at radius 2 is 2.39 bits per heavy atom. The van der Waals surface area contributed by atoms with Gasteiger partial charge in [0.1, 0.15) is 6.04 Å². The van der Waals surface area contributed by atoms with E-state index in [1.54, 1.807) is 0 Å². The maximum absolute atomic E-state index is 11.8. The molecule has 0 radical (unpaired) electrons. The lowest BCUT2D eigenvalue weighted by Gasteiger charge is -2.17. The lowest BCUT2D eigenvalue weighted by molar-refractivity contribution is -0.145. The van der Waals surface area contributed by atoms with Gasteiger partial charge < -0.3 is 14.8 Å². The Kier molecular flexibility index (Phi) is 6.15. The van der Waals surface area contributed by atoms with Gasteiger partial charge in [-0.15, -0.1) is 0 Å². The third-order valence-corrected chi connectivity index (χ3v) is 2.88. The third kappa shape index (κ3) is 4.34. The number of carbonyl (C=O) groups is 2. The van der Waals surface area contributed by atoms with E-state index in [2.05, 4.69) is 10.1 Å². The molecule has 100 valence electrons. The Labute approximate surface area is 106 Å². The SMILES string of the molecule is COC(=O)[C@H](CCCC#N)NC(=O)[C@H]1CCOC1. The Bertz CT molecular complexity index is 331. The molecule has 1 amide bonds. The number of nitrogens with zero attached hydrogens (tertiary/aromatic N) is 1. The first-order valence-electron chi connectivity index (χ1n) is 6.02. The molecular weight excluding hydrogens is 236 g/mol. The molecule has 0 aromatic heterocycles. The van der Waals surface area contributed by atoms with Gasteiger partial charge in [-0.3, -0.25) is 4.79 Å². The number of nitriles is 1. The zero-order chi connectivity index (χ0) is 13.4. The molecule has 1 aliphatic rings. The van der Waals surface area contributed by atoms with Crippen molar-refractivity contribution in [1.82, 2.24) is 5.32 Å². The molecule has 1 aliphatic heterocycles. The molecule has 2 atom stereocenters. The lowest BCUT2D eigenvalue weighted by atomic mass is 10.1. The van der Waals surface area contributed by atoms with E-state index in [-0.39, 0.29) is 11.8 Å². The standard InChI is InChI=1S/C12H18N2O4/c1-17-12(16)10(4-2-3-6-13)14-11(15)9-5-7-18-8-9/h9-10H,2-5,7-8H2,1H3,(H,14,15)/t9-,10-/m0/s1. The lowest BCUT2D eigenvalue weighted by Crippen LogP contribution is -2.44. The van der Waals surface area contributed by atoms with Crippen LogP contribution in [0.15, 0.2) is 0 Å². The fraction of sp³-hybridized carbons (Fsp3) is 0.750. The maximum Gasteiger partial charge on any atom is 0.328 e. The van der Waals surface area contributed by atoms with Gasteiger partial charge in [-0.05, 0) is 19.3 Å². The van der Waals surface area contributed by atoms with Gasteiger partial charge in [-0.1, -0.05) is 0 Å². The molecule has 1 fully saturated rings. The zero-order valence-corrected chi connectivity index (χ0v) is 10.5.